The molecule has 0 aromatic heterocycles. The van der Waals surface area contributed by atoms with Crippen LogP contribution in [0.2, 0.25) is 0 Å². The molecule has 1 fully saturated rings. The number of hydrogen-bond donors (Lipinski definition) is 2. The monoisotopic (exact) mass is 261 g/mol. The van der Waals surface area contributed by atoms with Crippen molar-refractivity contribution in [1.82, 2.24) is 4.90 Å². The summed E-state index contributed by atoms with van der Waals surface area (Å²) in [6, 6.07) is 6.31. The molecule has 104 valence electrons. The van der Waals surface area contributed by atoms with Gasteiger partial charge in [0.15, 0.2) is 0 Å². The third kappa shape index (κ3) is 2.73. The van der Waals surface area contributed by atoms with Gasteiger partial charge in [0.05, 0.1) is 11.3 Å². The minimum atomic E-state index is 0.0765. The van der Waals surface area contributed by atoms with E-state index in [1.807, 2.05) is 30.0 Å². The van der Waals surface area contributed by atoms with Crippen molar-refractivity contribution < 1.29 is 4.79 Å². The topological polar surface area (TPSA) is 58.4 Å². The molecule has 0 bridgehead atoms. The van der Waals surface area contributed by atoms with E-state index in [2.05, 4.69) is 19.3 Å². The van der Waals surface area contributed by atoms with Crippen LogP contribution in [0.4, 0.5) is 5.69 Å². The molecular formula is C15H23N3O. The zero-order chi connectivity index (χ0) is 14.0. The van der Waals surface area contributed by atoms with E-state index in [0.717, 1.165) is 18.4 Å². The number of hydrazine groups is 1. The molecule has 2 rings (SSSR count). The van der Waals surface area contributed by atoms with Crippen LogP contribution in [-0.2, 0) is 0 Å². The fourth-order valence-electron chi connectivity index (χ4n) is 2.92. The Morgan fingerprint density at radius 3 is 2.53 bits per heavy atom. The first-order valence-electron chi connectivity index (χ1n) is 6.94. The fourth-order valence-corrected chi connectivity index (χ4v) is 2.92. The maximum Gasteiger partial charge on any atom is 0.256 e. The van der Waals surface area contributed by atoms with E-state index >= 15 is 0 Å². The number of nitrogens with two attached hydrogens (primary N) is 1. The molecule has 19 heavy (non-hydrogen) atoms. The Bertz CT molecular complexity index is 462. The van der Waals surface area contributed by atoms with Crippen LogP contribution in [-0.4, -0.2) is 22.9 Å². The minimum absolute atomic E-state index is 0.0765. The van der Waals surface area contributed by atoms with E-state index in [9.17, 15) is 4.79 Å². The third-order valence-electron chi connectivity index (χ3n) is 3.99. The lowest BCUT2D eigenvalue weighted by Gasteiger charge is -2.39. The molecule has 0 saturated carbocycles. The largest absolute Gasteiger partial charge is 0.333 e. The zero-order valence-corrected chi connectivity index (χ0v) is 11.9. The first-order chi connectivity index (χ1) is 9.04. The lowest BCUT2D eigenvalue weighted by molar-refractivity contribution is 0.0512. The number of hydrogen-bond acceptors (Lipinski definition) is 3. The number of aryl methyl sites for hydroxylation is 1. The van der Waals surface area contributed by atoms with Gasteiger partial charge in [-0.1, -0.05) is 6.07 Å². The summed E-state index contributed by atoms with van der Waals surface area (Å²) in [6.45, 7) is 6.23. The van der Waals surface area contributed by atoms with Crippen LogP contribution in [0.1, 0.15) is 49.0 Å². The number of nitrogen functional groups attached to an aromatic ring is 1. The summed E-state index contributed by atoms with van der Waals surface area (Å²) in [4.78, 5) is 14.7. The van der Waals surface area contributed by atoms with Gasteiger partial charge in [0.25, 0.3) is 5.91 Å². The average molecular weight is 261 g/mol. The molecule has 0 aliphatic carbocycles. The molecule has 2 atom stereocenters. The second-order valence-electron chi connectivity index (χ2n) is 5.53. The number of benzene rings is 1. The summed E-state index contributed by atoms with van der Waals surface area (Å²) in [5, 5.41) is 0. The van der Waals surface area contributed by atoms with E-state index < -0.39 is 0 Å². The molecule has 4 heteroatoms. The average Bonchev–Trinajstić information content (AvgIpc) is 2.38. The number of piperidine rings is 1. The van der Waals surface area contributed by atoms with Crippen LogP contribution in [0.15, 0.2) is 18.2 Å². The molecule has 1 aliphatic heterocycles. The van der Waals surface area contributed by atoms with Crippen molar-refractivity contribution in [2.45, 2.75) is 52.1 Å². The molecule has 4 nitrogen and oxygen atoms in total. The standard InChI is InChI=1S/C15H23N3O/c1-10-7-8-13(14(9-10)17-16)15(19)18-11(2)5-4-6-12(18)3/h7-9,11-12,17H,4-6,16H2,1-3H3/t11-,12+. The molecule has 1 heterocycles. The summed E-state index contributed by atoms with van der Waals surface area (Å²) in [5.41, 5.74) is 5.09. The van der Waals surface area contributed by atoms with E-state index in [1.54, 1.807) is 0 Å². The highest BCUT2D eigenvalue weighted by atomic mass is 16.2. The molecular weight excluding hydrogens is 238 g/mol. The Labute approximate surface area is 114 Å². The summed E-state index contributed by atoms with van der Waals surface area (Å²) >= 11 is 0. The van der Waals surface area contributed by atoms with Crippen molar-refractivity contribution in [3.63, 3.8) is 0 Å². The van der Waals surface area contributed by atoms with Gasteiger partial charge in [-0.05, 0) is 57.7 Å². The van der Waals surface area contributed by atoms with Crippen LogP contribution in [0.25, 0.3) is 0 Å². The number of carbonyl (C=O) groups excluding carboxylic acids is 1. The first kappa shape index (κ1) is 13.9. The highest BCUT2D eigenvalue weighted by Gasteiger charge is 2.30. The number of nitrogens with one attached hydrogen (secondary N) is 1. The second kappa shape index (κ2) is 5.61. The van der Waals surface area contributed by atoms with Gasteiger partial charge in [0.2, 0.25) is 0 Å². The number of anilines is 1. The smallest absolute Gasteiger partial charge is 0.256 e. The molecule has 0 radical (unpaired) electrons. The highest BCUT2D eigenvalue weighted by molar-refractivity contribution is 6.00. The van der Waals surface area contributed by atoms with Crippen molar-refractivity contribution in [2.75, 3.05) is 5.43 Å². The van der Waals surface area contributed by atoms with E-state index in [4.69, 9.17) is 5.84 Å². The lowest BCUT2D eigenvalue weighted by atomic mass is 9.96. The fraction of sp³-hybridized carbons (Fsp3) is 0.533. The number of nitrogens with zero attached hydrogens (tertiary/aromatic N) is 1. The normalized spacial score (nSPS) is 23.3. The quantitative estimate of drug-likeness (QED) is 0.635. The van der Waals surface area contributed by atoms with Gasteiger partial charge in [0, 0.05) is 12.1 Å². The Kier molecular flexibility index (Phi) is 4.10. The summed E-state index contributed by atoms with van der Waals surface area (Å²) in [6.07, 6.45) is 3.35. The van der Waals surface area contributed by atoms with Crippen molar-refractivity contribution in [3.8, 4) is 0 Å². The Morgan fingerprint density at radius 1 is 1.32 bits per heavy atom. The van der Waals surface area contributed by atoms with Gasteiger partial charge < -0.3 is 10.3 Å². The van der Waals surface area contributed by atoms with Crippen molar-refractivity contribution in [3.05, 3.63) is 29.3 Å². The van der Waals surface area contributed by atoms with Gasteiger partial charge in [0.1, 0.15) is 0 Å². The Morgan fingerprint density at radius 2 is 1.95 bits per heavy atom. The second-order valence-corrected chi connectivity index (χ2v) is 5.53. The number of carbonyl (C=O) groups is 1. The number of likely N-dealkylation sites (tertiary alicyclic amines) is 1. The Balaban J connectivity index is 2.32. The Hall–Kier alpha value is -1.55. The highest BCUT2D eigenvalue weighted by Crippen LogP contribution is 2.27. The van der Waals surface area contributed by atoms with E-state index in [0.29, 0.717) is 23.3 Å². The molecule has 3 N–H and O–H groups in total. The molecule has 1 aromatic carbocycles. The van der Waals surface area contributed by atoms with Gasteiger partial charge in [-0.15, -0.1) is 0 Å². The van der Waals surface area contributed by atoms with Gasteiger partial charge in [-0.2, -0.15) is 0 Å². The molecule has 0 spiro atoms. The maximum absolute atomic E-state index is 12.7. The molecule has 0 unspecified atom stereocenters. The van der Waals surface area contributed by atoms with Crippen LogP contribution in [0.3, 0.4) is 0 Å². The van der Waals surface area contributed by atoms with Crippen LogP contribution in [0.5, 0.6) is 0 Å². The third-order valence-corrected chi connectivity index (χ3v) is 3.99. The van der Waals surface area contributed by atoms with Gasteiger partial charge in [-0.3, -0.25) is 10.6 Å². The predicted molar refractivity (Wildman–Crippen MR) is 77.9 cm³/mol. The SMILES string of the molecule is Cc1ccc(C(=O)N2[C@H](C)CCC[C@@H]2C)c(NN)c1. The molecule has 1 amide bonds. The maximum atomic E-state index is 12.7. The van der Waals surface area contributed by atoms with Crippen molar-refractivity contribution in [2.24, 2.45) is 5.84 Å². The van der Waals surface area contributed by atoms with E-state index in [1.165, 1.54) is 6.42 Å². The predicted octanol–water partition coefficient (Wildman–Crippen LogP) is 2.68. The molecule has 1 saturated heterocycles. The van der Waals surface area contributed by atoms with Crippen LogP contribution in [0, 0.1) is 6.92 Å². The lowest BCUT2D eigenvalue weighted by Crippen LogP contribution is -2.47. The summed E-state index contributed by atoms with van der Waals surface area (Å²) in [5.74, 6) is 5.61. The first-order valence-corrected chi connectivity index (χ1v) is 6.94. The van der Waals surface area contributed by atoms with Crippen molar-refractivity contribution >= 4 is 11.6 Å². The van der Waals surface area contributed by atoms with Crippen LogP contribution >= 0.6 is 0 Å². The van der Waals surface area contributed by atoms with Gasteiger partial charge >= 0.3 is 0 Å². The molecule has 1 aliphatic rings. The number of rotatable bonds is 2. The minimum Gasteiger partial charge on any atom is -0.333 e. The van der Waals surface area contributed by atoms with Gasteiger partial charge in [-0.25, -0.2) is 0 Å². The number of amides is 1. The van der Waals surface area contributed by atoms with Crippen molar-refractivity contribution in [1.29, 1.82) is 0 Å². The van der Waals surface area contributed by atoms with E-state index in [-0.39, 0.29) is 5.91 Å². The molecule has 1 aromatic rings. The zero-order valence-electron chi connectivity index (χ0n) is 11.9. The van der Waals surface area contributed by atoms with Crippen LogP contribution < -0.4 is 11.3 Å². The summed E-state index contributed by atoms with van der Waals surface area (Å²) < 4.78 is 0. The summed E-state index contributed by atoms with van der Waals surface area (Å²) in [7, 11) is 0.